The third-order valence-corrected chi connectivity index (χ3v) is 3.88. The molecule has 2 aromatic rings. The van der Waals surface area contributed by atoms with Crippen LogP contribution in [0.25, 0.3) is 10.9 Å². The summed E-state index contributed by atoms with van der Waals surface area (Å²) in [5, 5.41) is 10.3. The number of ether oxygens (including phenoxy) is 1. The average molecular weight is 323 g/mol. The van der Waals surface area contributed by atoms with E-state index in [2.05, 4.69) is 4.98 Å². The molecule has 1 amide bonds. The number of aliphatic carboxylic acids is 1. The number of aromatic amines is 1. The molecule has 0 radical (unpaired) electrons. The number of nitrogens with zero attached hydrogens (tertiary/aromatic N) is 1. The number of nitrogens with one attached hydrogen (secondary N) is 1. The zero-order valence-corrected chi connectivity index (χ0v) is 12.5. The molecule has 2 N–H and O–H groups in total. The number of hydrogen-bond donors (Lipinski definition) is 2. The highest BCUT2D eigenvalue weighted by atomic mass is 35.5. The molecule has 7 heteroatoms. The Bertz CT molecular complexity index is 727. The van der Waals surface area contributed by atoms with Crippen molar-refractivity contribution in [2.75, 3.05) is 19.7 Å². The van der Waals surface area contributed by atoms with E-state index >= 15 is 0 Å². The van der Waals surface area contributed by atoms with E-state index in [1.807, 2.05) is 6.07 Å². The number of fused-ring (bicyclic) bond motifs is 1. The van der Waals surface area contributed by atoms with Gasteiger partial charge in [0.2, 0.25) is 0 Å². The van der Waals surface area contributed by atoms with Gasteiger partial charge in [-0.1, -0.05) is 17.7 Å². The highest BCUT2D eigenvalue weighted by molar-refractivity contribution is 6.31. The van der Waals surface area contributed by atoms with Crippen molar-refractivity contribution in [3.63, 3.8) is 0 Å². The molecule has 116 valence electrons. The highest BCUT2D eigenvalue weighted by Crippen LogP contribution is 2.21. The molecule has 2 heterocycles. The van der Waals surface area contributed by atoms with E-state index in [-0.39, 0.29) is 18.9 Å². The van der Waals surface area contributed by atoms with Crippen molar-refractivity contribution in [3.8, 4) is 0 Å². The lowest BCUT2D eigenvalue weighted by atomic mass is 10.2. The average Bonchev–Trinajstić information content (AvgIpc) is 2.89. The molecule has 1 aliphatic heterocycles. The van der Waals surface area contributed by atoms with Crippen LogP contribution >= 0.6 is 11.6 Å². The summed E-state index contributed by atoms with van der Waals surface area (Å²) in [6.45, 7) is 1.07. The summed E-state index contributed by atoms with van der Waals surface area (Å²) in [7, 11) is 0. The zero-order valence-electron chi connectivity index (χ0n) is 11.7. The SMILES string of the molecule is O=C(O)C[C@@H]1CN(C(=O)c2cc3ccc(Cl)cc3[nH]2)CCO1. The van der Waals surface area contributed by atoms with E-state index in [0.717, 1.165) is 10.9 Å². The van der Waals surface area contributed by atoms with Crippen molar-refractivity contribution >= 4 is 34.4 Å². The van der Waals surface area contributed by atoms with Gasteiger partial charge in [0.25, 0.3) is 5.91 Å². The first-order valence-corrected chi connectivity index (χ1v) is 7.31. The fourth-order valence-corrected chi connectivity index (χ4v) is 2.78. The number of hydrogen-bond acceptors (Lipinski definition) is 3. The number of rotatable bonds is 3. The van der Waals surface area contributed by atoms with Gasteiger partial charge in [-0.05, 0) is 18.2 Å². The number of H-pyrrole nitrogens is 1. The maximum atomic E-state index is 12.5. The number of carboxylic acids is 1. The third kappa shape index (κ3) is 3.08. The van der Waals surface area contributed by atoms with Crippen LogP contribution < -0.4 is 0 Å². The molecule has 0 spiro atoms. The van der Waals surface area contributed by atoms with Gasteiger partial charge in [-0.25, -0.2) is 0 Å². The number of halogens is 1. The second-order valence-corrected chi connectivity index (χ2v) is 5.69. The van der Waals surface area contributed by atoms with Crippen LogP contribution in [0.2, 0.25) is 5.02 Å². The maximum absolute atomic E-state index is 12.5. The van der Waals surface area contributed by atoms with Crippen LogP contribution in [0.1, 0.15) is 16.9 Å². The number of benzene rings is 1. The summed E-state index contributed by atoms with van der Waals surface area (Å²) in [5.74, 6) is -1.09. The monoisotopic (exact) mass is 322 g/mol. The molecule has 1 fully saturated rings. The van der Waals surface area contributed by atoms with Gasteiger partial charge in [-0.3, -0.25) is 9.59 Å². The molecule has 3 rings (SSSR count). The Hall–Kier alpha value is -2.05. The predicted octanol–water partition coefficient (Wildman–Crippen LogP) is 2.14. The van der Waals surface area contributed by atoms with Crippen molar-refractivity contribution in [2.24, 2.45) is 0 Å². The van der Waals surface area contributed by atoms with Crippen LogP contribution in [-0.2, 0) is 9.53 Å². The van der Waals surface area contributed by atoms with Crippen LogP contribution in [0.15, 0.2) is 24.3 Å². The summed E-state index contributed by atoms with van der Waals surface area (Å²) in [6, 6.07) is 7.15. The molecular formula is C15H15ClN2O4. The van der Waals surface area contributed by atoms with Gasteiger partial charge in [0.15, 0.2) is 0 Å². The van der Waals surface area contributed by atoms with Gasteiger partial charge in [-0.2, -0.15) is 0 Å². The first kappa shape index (κ1) is 14.9. The summed E-state index contributed by atoms with van der Waals surface area (Å²) in [4.78, 5) is 28.0. The normalized spacial score (nSPS) is 18.6. The van der Waals surface area contributed by atoms with Crippen molar-refractivity contribution in [1.82, 2.24) is 9.88 Å². The number of morpholine rings is 1. The summed E-state index contributed by atoms with van der Waals surface area (Å²) in [5.41, 5.74) is 1.26. The van der Waals surface area contributed by atoms with Gasteiger partial charge in [0.05, 0.1) is 19.1 Å². The molecule has 0 saturated carbocycles. The minimum absolute atomic E-state index is 0.105. The smallest absolute Gasteiger partial charge is 0.306 e. The van der Waals surface area contributed by atoms with E-state index in [0.29, 0.717) is 23.9 Å². The number of aromatic nitrogens is 1. The lowest BCUT2D eigenvalue weighted by Crippen LogP contribution is -2.46. The second-order valence-electron chi connectivity index (χ2n) is 5.26. The summed E-state index contributed by atoms with van der Waals surface area (Å²) in [6.07, 6.45) is -0.569. The summed E-state index contributed by atoms with van der Waals surface area (Å²) >= 11 is 5.94. The lowest BCUT2D eigenvalue weighted by Gasteiger charge is -2.32. The van der Waals surface area contributed by atoms with Gasteiger partial charge >= 0.3 is 5.97 Å². The molecule has 1 saturated heterocycles. The first-order valence-electron chi connectivity index (χ1n) is 6.94. The summed E-state index contributed by atoms with van der Waals surface area (Å²) < 4.78 is 5.38. The van der Waals surface area contributed by atoms with Crippen molar-refractivity contribution in [3.05, 3.63) is 35.0 Å². The molecule has 0 bridgehead atoms. The Kier molecular flexibility index (Phi) is 4.04. The number of carboxylic acid groups (broad SMARTS) is 1. The number of carbonyl (C=O) groups excluding carboxylic acids is 1. The van der Waals surface area contributed by atoms with Gasteiger partial charge in [0, 0.05) is 29.0 Å². The fourth-order valence-electron chi connectivity index (χ4n) is 2.61. The molecule has 1 aliphatic rings. The zero-order chi connectivity index (χ0) is 15.7. The van der Waals surface area contributed by atoms with Crippen molar-refractivity contribution < 1.29 is 19.4 Å². The molecule has 0 aliphatic carbocycles. The topological polar surface area (TPSA) is 82.6 Å². The van der Waals surface area contributed by atoms with Gasteiger partial charge < -0.3 is 19.7 Å². The molecule has 6 nitrogen and oxygen atoms in total. The van der Waals surface area contributed by atoms with Crippen LogP contribution in [0, 0.1) is 0 Å². The van der Waals surface area contributed by atoms with Crippen molar-refractivity contribution in [1.29, 1.82) is 0 Å². The Balaban J connectivity index is 1.78. The van der Waals surface area contributed by atoms with Crippen LogP contribution in [-0.4, -0.2) is 52.7 Å². The molecule has 1 aromatic heterocycles. The van der Waals surface area contributed by atoms with E-state index in [9.17, 15) is 9.59 Å². The van der Waals surface area contributed by atoms with E-state index in [1.54, 1.807) is 23.1 Å². The van der Waals surface area contributed by atoms with E-state index in [1.165, 1.54) is 0 Å². The Morgan fingerprint density at radius 3 is 3.00 bits per heavy atom. The highest BCUT2D eigenvalue weighted by Gasteiger charge is 2.27. The number of carbonyl (C=O) groups is 2. The third-order valence-electron chi connectivity index (χ3n) is 3.64. The minimum Gasteiger partial charge on any atom is -0.481 e. The molecule has 22 heavy (non-hydrogen) atoms. The molecule has 0 unspecified atom stereocenters. The quantitative estimate of drug-likeness (QED) is 0.907. The standard InChI is InChI=1S/C15H15ClN2O4/c16-10-2-1-9-5-13(17-12(9)6-10)15(21)18-3-4-22-11(8-18)7-14(19)20/h1-2,5-6,11,17H,3-4,7-8H2,(H,19,20)/t11-/m1/s1. The first-order chi connectivity index (χ1) is 10.5. The Morgan fingerprint density at radius 2 is 2.23 bits per heavy atom. The second kappa shape index (κ2) is 5.98. The van der Waals surface area contributed by atoms with Gasteiger partial charge in [-0.15, -0.1) is 0 Å². The van der Waals surface area contributed by atoms with E-state index in [4.69, 9.17) is 21.4 Å². The predicted molar refractivity (Wildman–Crippen MR) is 81.2 cm³/mol. The molecular weight excluding hydrogens is 308 g/mol. The minimum atomic E-state index is -0.931. The lowest BCUT2D eigenvalue weighted by molar-refractivity contribution is -0.141. The van der Waals surface area contributed by atoms with Gasteiger partial charge in [0.1, 0.15) is 5.69 Å². The molecule has 1 atom stereocenters. The van der Waals surface area contributed by atoms with Crippen LogP contribution in [0.3, 0.4) is 0 Å². The Labute approximate surface area is 131 Å². The Morgan fingerprint density at radius 1 is 1.41 bits per heavy atom. The van der Waals surface area contributed by atoms with E-state index < -0.39 is 12.1 Å². The van der Waals surface area contributed by atoms with Crippen molar-refractivity contribution in [2.45, 2.75) is 12.5 Å². The fraction of sp³-hybridized carbons (Fsp3) is 0.333. The van der Waals surface area contributed by atoms with Crippen LogP contribution in [0.4, 0.5) is 0 Å². The largest absolute Gasteiger partial charge is 0.481 e. The maximum Gasteiger partial charge on any atom is 0.306 e. The number of amides is 1. The van der Waals surface area contributed by atoms with Crippen LogP contribution in [0.5, 0.6) is 0 Å². The molecule has 1 aromatic carbocycles.